The second-order valence-electron chi connectivity index (χ2n) is 5.06. The van der Waals surface area contributed by atoms with Gasteiger partial charge in [0.1, 0.15) is 18.5 Å². The average Bonchev–Trinajstić information content (AvgIpc) is 2.54. The molecule has 5 heteroatoms. The van der Waals surface area contributed by atoms with Crippen molar-refractivity contribution in [1.29, 1.82) is 0 Å². The Hall–Kier alpha value is -1.59. The van der Waals surface area contributed by atoms with Crippen LogP contribution in [0.1, 0.15) is 24.8 Å². The lowest BCUT2D eigenvalue weighted by molar-refractivity contribution is -0.135. The van der Waals surface area contributed by atoms with Gasteiger partial charge in [0.05, 0.1) is 6.61 Å². The van der Waals surface area contributed by atoms with Crippen LogP contribution in [0.5, 0.6) is 5.75 Å². The molecule has 1 aliphatic heterocycles. The molecule has 21 heavy (non-hydrogen) atoms. The van der Waals surface area contributed by atoms with E-state index in [0.717, 1.165) is 30.6 Å². The Morgan fingerprint density at radius 2 is 2.29 bits per heavy atom. The minimum Gasteiger partial charge on any atom is -0.491 e. The fraction of sp³-hybridized carbons (Fsp3) is 0.562. The monoisotopic (exact) mass is 293 g/mol. The van der Waals surface area contributed by atoms with E-state index in [9.17, 15) is 4.79 Å². The number of methoxy groups -OCH3 is 1. The van der Waals surface area contributed by atoms with Crippen LogP contribution in [0, 0.1) is 0 Å². The highest BCUT2D eigenvalue weighted by atomic mass is 16.5. The lowest BCUT2D eigenvalue weighted by atomic mass is 10.1. The second-order valence-corrected chi connectivity index (χ2v) is 5.06. The van der Waals surface area contributed by atoms with E-state index < -0.39 is 0 Å². The van der Waals surface area contributed by atoms with Gasteiger partial charge in [0.25, 0.3) is 0 Å². The standard InChI is InChI=1S/C16H23NO4/c1-19-9-10-20-14-6-4-5-13(11-14)12-17-16(18)15-7-2-3-8-21-15/h4-6,11,15H,2-3,7-10,12H2,1H3,(H,17,18)/t15-/m0/s1. The van der Waals surface area contributed by atoms with E-state index in [1.54, 1.807) is 7.11 Å². The molecule has 1 N–H and O–H groups in total. The highest BCUT2D eigenvalue weighted by Crippen LogP contribution is 2.15. The minimum absolute atomic E-state index is 0.0274. The molecule has 0 saturated carbocycles. The SMILES string of the molecule is COCCOc1cccc(CNC(=O)[C@@H]2CCCCO2)c1. The highest BCUT2D eigenvalue weighted by Gasteiger charge is 2.21. The fourth-order valence-electron chi connectivity index (χ4n) is 2.24. The second kappa shape index (κ2) is 8.64. The molecule has 0 aromatic heterocycles. The number of amides is 1. The Morgan fingerprint density at radius 3 is 3.05 bits per heavy atom. The van der Waals surface area contributed by atoms with Crippen molar-refractivity contribution >= 4 is 5.91 Å². The predicted molar refractivity (Wildman–Crippen MR) is 79.3 cm³/mol. The number of nitrogens with one attached hydrogen (secondary N) is 1. The van der Waals surface area contributed by atoms with E-state index >= 15 is 0 Å². The molecule has 1 aromatic carbocycles. The number of hydrogen-bond acceptors (Lipinski definition) is 4. The van der Waals surface area contributed by atoms with E-state index in [1.807, 2.05) is 24.3 Å². The summed E-state index contributed by atoms with van der Waals surface area (Å²) in [5, 5.41) is 2.92. The zero-order valence-corrected chi connectivity index (χ0v) is 12.5. The first-order valence-electron chi connectivity index (χ1n) is 7.39. The fourth-order valence-corrected chi connectivity index (χ4v) is 2.24. The van der Waals surface area contributed by atoms with Gasteiger partial charge in [-0.3, -0.25) is 4.79 Å². The van der Waals surface area contributed by atoms with Crippen molar-refractivity contribution in [3.05, 3.63) is 29.8 Å². The lowest BCUT2D eigenvalue weighted by Gasteiger charge is -2.21. The smallest absolute Gasteiger partial charge is 0.249 e. The summed E-state index contributed by atoms with van der Waals surface area (Å²) in [5.41, 5.74) is 1.01. The molecule has 0 bridgehead atoms. The minimum atomic E-state index is -0.292. The van der Waals surface area contributed by atoms with Gasteiger partial charge >= 0.3 is 0 Å². The summed E-state index contributed by atoms with van der Waals surface area (Å²) in [6.45, 7) is 2.24. The van der Waals surface area contributed by atoms with E-state index in [2.05, 4.69) is 5.32 Å². The molecule has 1 heterocycles. The Morgan fingerprint density at radius 1 is 1.38 bits per heavy atom. The first-order valence-corrected chi connectivity index (χ1v) is 7.39. The van der Waals surface area contributed by atoms with Crippen LogP contribution in [0.2, 0.25) is 0 Å². The van der Waals surface area contributed by atoms with Crippen LogP contribution in [-0.4, -0.2) is 38.9 Å². The van der Waals surface area contributed by atoms with Gasteiger partial charge in [-0.2, -0.15) is 0 Å². The van der Waals surface area contributed by atoms with Gasteiger partial charge in [-0.15, -0.1) is 0 Å². The van der Waals surface area contributed by atoms with Gasteiger partial charge in [0.15, 0.2) is 0 Å². The summed E-state index contributed by atoms with van der Waals surface area (Å²) in [6, 6.07) is 7.70. The van der Waals surface area contributed by atoms with Crippen LogP contribution in [0.25, 0.3) is 0 Å². The third kappa shape index (κ3) is 5.36. The van der Waals surface area contributed by atoms with Gasteiger partial charge in [-0.25, -0.2) is 0 Å². The van der Waals surface area contributed by atoms with E-state index in [1.165, 1.54) is 0 Å². The molecule has 0 radical (unpaired) electrons. The molecule has 1 saturated heterocycles. The molecule has 0 unspecified atom stereocenters. The van der Waals surface area contributed by atoms with Crippen molar-refractivity contribution in [2.45, 2.75) is 31.9 Å². The van der Waals surface area contributed by atoms with Crippen molar-refractivity contribution in [3.8, 4) is 5.75 Å². The van der Waals surface area contributed by atoms with Gasteiger partial charge in [-0.05, 0) is 37.0 Å². The molecule has 1 fully saturated rings. The van der Waals surface area contributed by atoms with Crippen molar-refractivity contribution in [2.24, 2.45) is 0 Å². The maximum atomic E-state index is 12.0. The Labute approximate surface area is 125 Å². The van der Waals surface area contributed by atoms with Gasteiger partial charge in [-0.1, -0.05) is 12.1 Å². The molecule has 1 aliphatic rings. The molecule has 5 nitrogen and oxygen atoms in total. The van der Waals surface area contributed by atoms with Crippen LogP contribution in [0.15, 0.2) is 24.3 Å². The topological polar surface area (TPSA) is 56.8 Å². The van der Waals surface area contributed by atoms with Crippen LogP contribution in [0.4, 0.5) is 0 Å². The third-order valence-electron chi connectivity index (χ3n) is 3.39. The van der Waals surface area contributed by atoms with Crippen LogP contribution >= 0.6 is 0 Å². The van der Waals surface area contributed by atoms with Crippen molar-refractivity contribution in [1.82, 2.24) is 5.32 Å². The summed E-state index contributed by atoms with van der Waals surface area (Å²) in [7, 11) is 1.64. The van der Waals surface area contributed by atoms with Crippen molar-refractivity contribution in [2.75, 3.05) is 26.9 Å². The Balaban J connectivity index is 1.79. The quantitative estimate of drug-likeness (QED) is 0.780. The molecule has 0 aliphatic carbocycles. The Bertz CT molecular complexity index is 444. The summed E-state index contributed by atoms with van der Waals surface area (Å²) in [5.74, 6) is 0.758. The number of benzene rings is 1. The summed E-state index contributed by atoms with van der Waals surface area (Å²) >= 11 is 0. The van der Waals surface area contributed by atoms with Crippen LogP contribution in [0.3, 0.4) is 0 Å². The first kappa shape index (κ1) is 15.8. The van der Waals surface area contributed by atoms with Gasteiger partial charge in [0.2, 0.25) is 5.91 Å². The molecule has 1 atom stereocenters. The highest BCUT2D eigenvalue weighted by molar-refractivity contribution is 5.80. The normalized spacial score (nSPS) is 18.2. The zero-order valence-electron chi connectivity index (χ0n) is 12.5. The summed E-state index contributed by atoms with van der Waals surface area (Å²) in [6.07, 6.45) is 2.62. The molecular weight excluding hydrogens is 270 g/mol. The molecular formula is C16H23NO4. The number of hydrogen-bond donors (Lipinski definition) is 1. The van der Waals surface area contributed by atoms with E-state index in [4.69, 9.17) is 14.2 Å². The van der Waals surface area contributed by atoms with Gasteiger partial charge < -0.3 is 19.5 Å². The van der Waals surface area contributed by atoms with Crippen molar-refractivity contribution < 1.29 is 19.0 Å². The zero-order chi connectivity index (χ0) is 14.9. The third-order valence-corrected chi connectivity index (χ3v) is 3.39. The Kier molecular flexibility index (Phi) is 6.50. The van der Waals surface area contributed by atoms with E-state index in [0.29, 0.717) is 26.4 Å². The lowest BCUT2D eigenvalue weighted by Crippen LogP contribution is -2.37. The number of ether oxygens (including phenoxy) is 3. The first-order chi connectivity index (χ1) is 10.3. The van der Waals surface area contributed by atoms with Crippen LogP contribution < -0.4 is 10.1 Å². The molecule has 1 amide bonds. The van der Waals surface area contributed by atoms with Crippen molar-refractivity contribution in [3.63, 3.8) is 0 Å². The van der Waals surface area contributed by atoms with Crippen LogP contribution in [-0.2, 0) is 20.8 Å². The maximum absolute atomic E-state index is 12.0. The number of rotatable bonds is 7. The number of carbonyl (C=O) groups is 1. The molecule has 116 valence electrons. The summed E-state index contributed by atoms with van der Waals surface area (Å²) < 4.78 is 16.0. The van der Waals surface area contributed by atoms with E-state index in [-0.39, 0.29) is 12.0 Å². The van der Waals surface area contributed by atoms with Gasteiger partial charge in [0, 0.05) is 20.3 Å². The molecule has 1 aromatic rings. The average molecular weight is 293 g/mol. The predicted octanol–water partition coefficient (Wildman–Crippen LogP) is 1.90. The maximum Gasteiger partial charge on any atom is 0.249 e. The molecule has 2 rings (SSSR count). The largest absolute Gasteiger partial charge is 0.491 e. The number of carbonyl (C=O) groups excluding carboxylic acids is 1. The molecule has 0 spiro atoms. The summed E-state index contributed by atoms with van der Waals surface area (Å²) in [4.78, 5) is 12.0.